The average molecular weight is 315 g/mol. The van der Waals surface area contributed by atoms with Crippen LogP contribution >= 0.6 is 0 Å². The van der Waals surface area contributed by atoms with E-state index in [9.17, 15) is 9.59 Å². The van der Waals surface area contributed by atoms with Crippen molar-refractivity contribution in [3.63, 3.8) is 0 Å². The summed E-state index contributed by atoms with van der Waals surface area (Å²) in [5.74, 6) is 0.216. The second kappa shape index (κ2) is 6.64. The van der Waals surface area contributed by atoms with Crippen molar-refractivity contribution in [2.75, 3.05) is 5.32 Å². The molecule has 0 spiro atoms. The number of carbonyl (C=O) groups excluding carboxylic acids is 1. The number of nitrogens with zero attached hydrogens (tertiary/aromatic N) is 2. The van der Waals surface area contributed by atoms with Crippen molar-refractivity contribution in [1.29, 1.82) is 0 Å². The monoisotopic (exact) mass is 315 g/mol. The highest BCUT2D eigenvalue weighted by Gasteiger charge is 2.17. The molecule has 0 unspecified atom stereocenters. The van der Waals surface area contributed by atoms with Crippen LogP contribution in [0.5, 0.6) is 0 Å². The predicted octanol–water partition coefficient (Wildman–Crippen LogP) is 3.06. The summed E-state index contributed by atoms with van der Waals surface area (Å²) in [5, 5.41) is 2.51. The van der Waals surface area contributed by atoms with E-state index in [1.54, 1.807) is 13.1 Å². The van der Waals surface area contributed by atoms with E-state index in [1.807, 2.05) is 51.1 Å². The molecule has 0 fully saturated rings. The molecule has 23 heavy (non-hydrogen) atoms. The fourth-order valence-electron chi connectivity index (χ4n) is 2.01. The van der Waals surface area contributed by atoms with Gasteiger partial charge in [0.1, 0.15) is 12.4 Å². The number of aromatic nitrogens is 2. The van der Waals surface area contributed by atoms with Crippen LogP contribution in [0.15, 0.2) is 41.3 Å². The maximum atomic E-state index is 12.1. The van der Waals surface area contributed by atoms with Crippen molar-refractivity contribution in [1.82, 2.24) is 9.55 Å². The maximum Gasteiger partial charge on any atom is 0.413 e. The second-order valence-electron chi connectivity index (χ2n) is 6.28. The van der Waals surface area contributed by atoms with Gasteiger partial charge in [0, 0.05) is 17.3 Å². The van der Waals surface area contributed by atoms with Gasteiger partial charge in [-0.25, -0.2) is 9.59 Å². The third-order valence-corrected chi connectivity index (χ3v) is 3.27. The lowest BCUT2D eigenvalue weighted by atomic mass is 10.1. The van der Waals surface area contributed by atoms with E-state index in [0.29, 0.717) is 5.56 Å². The Morgan fingerprint density at radius 1 is 1.26 bits per heavy atom. The van der Waals surface area contributed by atoms with Crippen LogP contribution in [0, 0.1) is 6.92 Å². The minimum absolute atomic E-state index is 0.158. The Bertz CT molecular complexity index is 746. The molecule has 0 aliphatic heterocycles. The number of carbonyl (C=O) groups is 1. The fraction of sp³-hybridized carbons (Fsp3) is 0.353. The molecule has 0 atom stereocenters. The number of anilines is 1. The van der Waals surface area contributed by atoms with Crippen LogP contribution in [0.2, 0.25) is 0 Å². The van der Waals surface area contributed by atoms with Gasteiger partial charge in [-0.3, -0.25) is 9.88 Å². The van der Waals surface area contributed by atoms with E-state index >= 15 is 0 Å². The smallest absolute Gasteiger partial charge is 0.413 e. The Kier molecular flexibility index (Phi) is 4.83. The van der Waals surface area contributed by atoms with E-state index < -0.39 is 11.8 Å². The normalized spacial score (nSPS) is 11.1. The van der Waals surface area contributed by atoms with Crippen LogP contribution in [0.3, 0.4) is 0 Å². The number of ether oxygens (including phenoxy) is 1. The third-order valence-electron chi connectivity index (χ3n) is 3.27. The van der Waals surface area contributed by atoms with Crippen molar-refractivity contribution >= 4 is 11.9 Å². The van der Waals surface area contributed by atoms with Gasteiger partial charge in [-0.05, 0) is 33.3 Å². The van der Waals surface area contributed by atoms with E-state index in [1.165, 1.54) is 4.57 Å². The topological polar surface area (TPSA) is 73.2 Å². The SMILES string of the molecule is Cc1cn(C(C)(C)C)c(=O)nc1NC(=O)OCc1ccccc1. The molecule has 0 saturated carbocycles. The van der Waals surface area contributed by atoms with Gasteiger partial charge in [0.25, 0.3) is 0 Å². The molecule has 1 aromatic carbocycles. The Hall–Kier alpha value is -2.63. The lowest BCUT2D eigenvalue weighted by Crippen LogP contribution is -2.36. The van der Waals surface area contributed by atoms with E-state index in [0.717, 1.165) is 5.56 Å². The number of benzene rings is 1. The van der Waals surface area contributed by atoms with E-state index in [4.69, 9.17) is 4.74 Å². The van der Waals surface area contributed by atoms with E-state index in [2.05, 4.69) is 10.3 Å². The summed E-state index contributed by atoms with van der Waals surface area (Å²) in [6.07, 6.45) is 1.04. The largest absolute Gasteiger partial charge is 0.444 e. The van der Waals surface area contributed by atoms with Crippen LogP contribution in [0.4, 0.5) is 10.6 Å². The third kappa shape index (κ3) is 4.42. The standard InChI is InChI=1S/C17H21N3O3/c1-12-10-20(17(2,3)4)15(21)18-14(12)19-16(22)23-11-13-8-6-5-7-9-13/h5-10H,11H2,1-4H3,(H,18,19,21,22). The molecular weight excluding hydrogens is 294 g/mol. The summed E-state index contributed by atoms with van der Waals surface area (Å²) in [4.78, 5) is 27.8. The molecule has 1 aromatic heterocycles. The average Bonchev–Trinajstić information content (AvgIpc) is 2.48. The molecular formula is C17H21N3O3. The number of amides is 1. The molecule has 0 bridgehead atoms. The Balaban J connectivity index is 2.07. The van der Waals surface area contributed by atoms with Crippen molar-refractivity contribution in [2.45, 2.75) is 39.8 Å². The molecule has 0 aliphatic rings. The molecule has 1 N–H and O–H groups in total. The zero-order valence-corrected chi connectivity index (χ0v) is 13.8. The molecule has 122 valence electrons. The first-order valence-corrected chi connectivity index (χ1v) is 7.36. The Labute approximate surface area is 135 Å². The number of hydrogen-bond donors (Lipinski definition) is 1. The Morgan fingerprint density at radius 3 is 2.52 bits per heavy atom. The van der Waals surface area contributed by atoms with Crippen LogP contribution in [0.25, 0.3) is 0 Å². The van der Waals surface area contributed by atoms with Gasteiger partial charge < -0.3 is 4.74 Å². The molecule has 1 amide bonds. The first-order chi connectivity index (χ1) is 10.8. The first-order valence-electron chi connectivity index (χ1n) is 7.36. The summed E-state index contributed by atoms with van der Waals surface area (Å²) in [5.41, 5.74) is 0.786. The number of hydrogen-bond acceptors (Lipinski definition) is 4. The van der Waals surface area contributed by atoms with Crippen molar-refractivity contribution in [3.05, 3.63) is 58.1 Å². The van der Waals surface area contributed by atoms with Gasteiger partial charge in [-0.2, -0.15) is 4.98 Å². The number of nitrogens with one attached hydrogen (secondary N) is 1. The first kappa shape index (κ1) is 16.7. The summed E-state index contributed by atoms with van der Waals surface area (Å²) in [6, 6.07) is 9.35. The molecule has 0 radical (unpaired) electrons. The molecule has 6 heteroatoms. The van der Waals surface area contributed by atoms with Gasteiger partial charge in [0.15, 0.2) is 0 Å². The highest BCUT2D eigenvalue weighted by Crippen LogP contribution is 2.15. The van der Waals surface area contributed by atoms with Gasteiger partial charge in [0.05, 0.1) is 0 Å². The lowest BCUT2D eigenvalue weighted by molar-refractivity contribution is 0.155. The van der Waals surface area contributed by atoms with Gasteiger partial charge in [-0.1, -0.05) is 30.3 Å². The molecule has 6 nitrogen and oxygen atoms in total. The second-order valence-corrected chi connectivity index (χ2v) is 6.28. The molecule has 2 rings (SSSR count). The molecule has 0 saturated heterocycles. The van der Waals surface area contributed by atoms with Crippen molar-refractivity contribution < 1.29 is 9.53 Å². The van der Waals surface area contributed by atoms with Crippen LogP contribution in [-0.4, -0.2) is 15.6 Å². The van der Waals surface area contributed by atoms with Gasteiger partial charge >= 0.3 is 11.8 Å². The number of aryl methyl sites for hydroxylation is 1. The Morgan fingerprint density at radius 2 is 1.91 bits per heavy atom. The summed E-state index contributed by atoms with van der Waals surface area (Å²) < 4.78 is 6.66. The predicted molar refractivity (Wildman–Crippen MR) is 88.5 cm³/mol. The molecule has 2 aromatic rings. The van der Waals surface area contributed by atoms with Crippen LogP contribution in [-0.2, 0) is 16.9 Å². The zero-order valence-electron chi connectivity index (χ0n) is 13.8. The highest BCUT2D eigenvalue weighted by molar-refractivity contribution is 5.84. The quantitative estimate of drug-likeness (QED) is 0.944. The molecule has 1 heterocycles. The molecule has 0 aliphatic carbocycles. The minimum Gasteiger partial charge on any atom is -0.444 e. The summed E-state index contributed by atoms with van der Waals surface area (Å²) >= 11 is 0. The van der Waals surface area contributed by atoms with Gasteiger partial charge in [0.2, 0.25) is 0 Å². The maximum absolute atomic E-state index is 12.1. The highest BCUT2D eigenvalue weighted by atomic mass is 16.5. The van der Waals surface area contributed by atoms with Crippen LogP contribution in [0.1, 0.15) is 31.9 Å². The summed E-state index contributed by atoms with van der Waals surface area (Å²) in [7, 11) is 0. The van der Waals surface area contributed by atoms with Crippen LogP contribution < -0.4 is 11.0 Å². The van der Waals surface area contributed by atoms with Crippen molar-refractivity contribution in [3.8, 4) is 0 Å². The van der Waals surface area contributed by atoms with Crippen molar-refractivity contribution in [2.24, 2.45) is 0 Å². The lowest BCUT2D eigenvalue weighted by Gasteiger charge is -2.22. The zero-order chi connectivity index (χ0) is 17.0. The summed E-state index contributed by atoms with van der Waals surface area (Å²) in [6.45, 7) is 7.68. The van der Waals surface area contributed by atoms with E-state index in [-0.39, 0.29) is 18.0 Å². The minimum atomic E-state index is -0.641. The number of rotatable bonds is 3. The van der Waals surface area contributed by atoms with Gasteiger partial charge in [-0.15, -0.1) is 0 Å². The fourth-order valence-corrected chi connectivity index (χ4v) is 2.01.